The van der Waals surface area contributed by atoms with Gasteiger partial charge in [0.1, 0.15) is 11.6 Å². The van der Waals surface area contributed by atoms with Gasteiger partial charge in [-0.2, -0.15) is 0 Å². The van der Waals surface area contributed by atoms with Crippen molar-refractivity contribution < 1.29 is 9.53 Å². The van der Waals surface area contributed by atoms with E-state index in [0.29, 0.717) is 19.4 Å². The van der Waals surface area contributed by atoms with Gasteiger partial charge in [0.05, 0.1) is 18.1 Å². The number of methoxy groups -OCH3 is 1. The second-order valence-electron chi connectivity index (χ2n) is 6.17. The summed E-state index contributed by atoms with van der Waals surface area (Å²) in [6, 6.07) is 13.9. The zero-order valence-corrected chi connectivity index (χ0v) is 14.9. The summed E-state index contributed by atoms with van der Waals surface area (Å²) in [5.74, 6) is 1.86. The molecule has 2 aromatic carbocycles. The number of rotatable bonds is 6. The van der Waals surface area contributed by atoms with Crippen LogP contribution in [0.15, 0.2) is 42.5 Å². The molecular weight excluding hydrogens is 314 g/mol. The van der Waals surface area contributed by atoms with Crippen molar-refractivity contribution in [2.24, 2.45) is 7.05 Å². The fourth-order valence-corrected chi connectivity index (χ4v) is 2.81. The van der Waals surface area contributed by atoms with Crippen molar-refractivity contribution in [3.63, 3.8) is 0 Å². The maximum absolute atomic E-state index is 12.1. The third-order valence-electron chi connectivity index (χ3n) is 4.46. The monoisotopic (exact) mass is 337 g/mol. The van der Waals surface area contributed by atoms with Crippen molar-refractivity contribution in [3.05, 3.63) is 59.4 Å². The first-order chi connectivity index (χ1) is 12.1. The molecule has 0 atom stereocenters. The van der Waals surface area contributed by atoms with Crippen molar-refractivity contribution in [2.75, 3.05) is 7.11 Å². The van der Waals surface area contributed by atoms with E-state index in [1.807, 2.05) is 56.4 Å². The number of fused-ring (bicyclic) bond motifs is 1. The molecule has 130 valence electrons. The lowest BCUT2D eigenvalue weighted by Gasteiger charge is -2.07. The molecule has 1 amide bonds. The molecule has 5 heteroatoms. The summed E-state index contributed by atoms with van der Waals surface area (Å²) in [6.07, 6.45) is 1.19. The van der Waals surface area contributed by atoms with Crippen molar-refractivity contribution in [1.82, 2.24) is 14.9 Å². The van der Waals surface area contributed by atoms with Gasteiger partial charge >= 0.3 is 0 Å². The van der Waals surface area contributed by atoms with E-state index in [9.17, 15) is 4.79 Å². The Labute approximate surface area is 147 Å². The number of nitrogens with zero attached hydrogens (tertiary/aromatic N) is 2. The van der Waals surface area contributed by atoms with Gasteiger partial charge in [-0.1, -0.05) is 18.2 Å². The van der Waals surface area contributed by atoms with Crippen molar-refractivity contribution >= 4 is 16.9 Å². The number of aryl methyl sites for hydroxylation is 3. The summed E-state index contributed by atoms with van der Waals surface area (Å²) in [5.41, 5.74) is 4.25. The van der Waals surface area contributed by atoms with Crippen LogP contribution >= 0.6 is 0 Å². The minimum Gasteiger partial charge on any atom is -0.497 e. The second-order valence-corrected chi connectivity index (χ2v) is 6.17. The number of aromatic nitrogens is 2. The van der Waals surface area contributed by atoms with Crippen molar-refractivity contribution in [3.8, 4) is 5.75 Å². The van der Waals surface area contributed by atoms with Crippen LogP contribution in [0, 0.1) is 6.92 Å². The number of imidazole rings is 1. The number of nitrogens with one attached hydrogen (secondary N) is 1. The minimum atomic E-state index is 0.0492. The standard InChI is InChI=1S/C20H23N3O2/c1-14-22-18-12-16(6-10-19(18)23(14)2)13-21-20(24)11-7-15-4-8-17(25-3)9-5-15/h4-6,8-10,12H,7,11,13H2,1-3H3,(H,21,24). The van der Waals surface area contributed by atoms with E-state index in [1.54, 1.807) is 7.11 Å². The predicted octanol–water partition coefficient (Wildman–Crippen LogP) is 3.14. The molecule has 1 aromatic heterocycles. The zero-order chi connectivity index (χ0) is 17.8. The molecule has 1 heterocycles. The first kappa shape index (κ1) is 17.0. The van der Waals surface area contributed by atoms with E-state index in [-0.39, 0.29) is 5.91 Å². The smallest absolute Gasteiger partial charge is 0.220 e. The van der Waals surface area contributed by atoms with Gasteiger partial charge in [0, 0.05) is 20.0 Å². The number of carbonyl (C=O) groups excluding carboxylic acids is 1. The second kappa shape index (κ2) is 7.38. The van der Waals surface area contributed by atoms with Gasteiger partial charge in [-0.3, -0.25) is 4.79 Å². The van der Waals surface area contributed by atoms with E-state index < -0.39 is 0 Å². The van der Waals surface area contributed by atoms with Crippen LogP contribution in [0.2, 0.25) is 0 Å². The average molecular weight is 337 g/mol. The highest BCUT2D eigenvalue weighted by molar-refractivity contribution is 5.78. The average Bonchev–Trinajstić information content (AvgIpc) is 2.92. The van der Waals surface area contributed by atoms with Crippen molar-refractivity contribution in [2.45, 2.75) is 26.3 Å². The lowest BCUT2D eigenvalue weighted by atomic mass is 10.1. The van der Waals surface area contributed by atoms with E-state index in [1.165, 1.54) is 0 Å². The Balaban J connectivity index is 1.53. The summed E-state index contributed by atoms with van der Waals surface area (Å²) >= 11 is 0. The normalized spacial score (nSPS) is 10.8. The Morgan fingerprint density at radius 3 is 2.60 bits per heavy atom. The Kier molecular flexibility index (Phi) is 5.03. The van der Waals surface area contributed by atoms with Crippen LogP contribution in [-0.4, -0.2) is 22.6 Å². The van der Waals surface area contributed by atoms with E-state index in [2.05, 4.69) is 14.9 Å². The van der Waals surface area contributed by atoms with Crippen LogP contribution < -0.4 is 10.1 Å². The van der Waals surface area contributed by atoms with Crippen molar-refractivity contribution in [1.29, 1.82) is 0 Å². The molecule has 0 aliphatic rings. The maximum atomic E-state index is 12.1. The molecule has 0 unspecified atom stereocenters. The number of benzene rings is 2. The first-order valence-corrected chi connectivity index (χ1v) is 8.38. The van der Waals surface area contributed by atoms with Gasteiger partial charge in [-0.25, -0.2) is 4.98 Å². The summed E-state index contributed by atoms with van der Waals surface area (Å²) in [6.45, 7) is 2.51. The molecular formula is C20H23N3O2. The molecule has 0 bridgehead atoms. The third kappa shape index (κ3) is 3.99. The summed E-state index contributed by atoms with van der Waals surface area (Å²) in [4.78, 5) is 16.6. The topological polar surface area (TPSA) is 56.1 Å². The van der Waals surface area contributed by atoms with Gasteiger partial charge in [-0.15, -0.1) is 0 Å². The molecule has 5 nitrogen and oxygen atoms in total. The van der Waals surface area contributed by atoms with Gasteiger partial charge in [0.25, 0.3) is 0 Å². The number of amides is 1. The number of hydrogen-bond acceptors (Lipinski definition) is 3. The van der Waals surface area contributed by atoms with E-state index in [4.69, 9.17) is 4.74 Å². The maximum Gasteiger partial charge on any atom is 0.220 e. The molecule has 3 rings (SSSR count). The van der Waals surface area contributed by atoms with Crippen LogP contribution in [0.1, 0.15) is 23.4 Å². The third-order valence-corrected chi connectivity index (χ3v) is 4.46. The van der Waals surface area contributed by atoms with Crippen LogP contribution in [0.3, 0.4) is 0 Å². The van der Waals surface area contributed by atoms with Gasteiger partial charge < -0.3 is 14.6 Å². The Bertz CT molecular complexity index is 882. The molecule has 0 spiro atoms. The van der Waals surface area contributed by atoms with E-state index in [0.717, 1.165) is 33.7 Å². The molecule has 0 saturated heterocycles. The first-order valence-electron chi connectivity index (χ1n) is 8.38. The largest absolute Gasteiger partial charge is 0.497 e. The Morgan fingerprint density at radius 2 is 1.88 bits per heavy atom. The van der Waals surface area contributed by atoms with Crippen LogP contribution in [0.25, 0.3) is 11.0 Å². The van der Waals surface area contributed by atoms with Gasteiger partial charge in [0.15, 0.2) is 0 Å². The number of ether oxygens (including phenoxy) is 1. The molecule has 0 saturated carbocycles. The fourth-order valence-electron chi connectivity index (χ4n) is 2.81. The number of carbonyl (C=O) groups is 1. The highest BCUT2D eigenvalue weighted by Gasteiger charge is 2.06. The SMILES string of the molecule is COc1ccc(CCC(=O)NCc2ccc3c(c2)nc(C)n3C)cc1. The highest BCUT2D eigenvalue weighted by atomic mass is 16.5. The van der Waals surface area contributed by atoms with Crippen LogP contribution in [0.4, 0.5) is 0 Å². The zero-order valence-electron chi connectivity index (χ0n) is 14.9. The molecule has 0 aliphatic heterocycles. The molecule has 25 heavy (non-hydrogen) atoms. The molecule has 3 aromatic rings. The predicted molar refractivity (Wildman–Crippen MR) is 98.6 cm³/mol. The van der Waals surface area contributed by atoms with Crippen LogP contribution in [-0.2, 0) is 24.8 Å². The summed E-state index contributed by atoms with van der Waals surface area (Å²) in [7, 11) is 3.65. The minimum absolute atomic E-state index is 0.0492. The quantitative estimate of drug-likeness (QED) is 0.752. The van der Waals surface area contributed by atoms with E-state index >= 15 is 0 Å². The molecule has 0 aliphatic carbocycles. The Morgan fingerprint density at radius 1 is 1.16 bits per heavy atom. The molecule has 1 N–H and O–H groups in total. The molecule has 0 radical (unpaired) electrons. The number of hydrogen-bond donors (Lipinski definition) is 1. The Hall–Kier alpha value is -2.82. The highest BCUT2D eigenvalue weighted by Crippen LogP contribution is 2.16. The van der Waals surface area contributed by atoms with Gasteiger partial charge in [0.2, 0.25) is 5.91 Å². The van der Waals surface area contributed by atoms with Crippen LogP contribution in [0.5, 0.6) is 5.75 Å². The lowest BCUT2D eigenvalue weighted by molar-refractivity contribution is -0.121. The molecule has 0 fully saturated rings. The summed E-state index contributed by atoms with van der Waals surface area (Å²) < 4.78 is 7.20. The lowest BCUT2D eigenvalue weighted by Crippen LogP contribution is -2.22. The fraction of sp³-hybridized carbons (Fsp3) is 0.300. The summed E-state index contributed by atoms with van der Waals surface area (Å²) in [5, 5.41) is 2.98. The van der Waals surface area contributed by atoms with Gasteiger partial charge in [-0.05, 0) is 48.7 Å².